The van der Waals surface area contributed by atoms with E-state index in [0.717, 1.165) is 0 Å². The van der Waals surface area contributed by atoms with Crippen LogP contribution in [0.5, 0.6) is 5.88 Å². The first-order valence-corrected chi connectivity index (χ1v) is 3.98. The maximum Gasteiger partial charge on any atom is 0.258 e. The summed E-state index contributed by atoms with van der Waals surface area (Å²) in [5.74, 6) is -0.167. The second-order valence-electron chi connectivity index (χ2n) is 2.83. The highest BCUT2D eigenvalue weighted by atomic mass is 32.1. The molecule has 66 valence electrons. The minimum absolute atomic E-state index is 0.0272. The third kappa shape index (κ3) is 1.55. The summed E-state index contributed by atoms with van der Waals surface area (Å²) in [6.07, 6.45) is 0. The van der Waals surface area contributed by atoms with Crippen molar-refractivity contribution in [3.8, 4) is 5.88 Å². The SMILES string of the molecule is CC(C)c1c(O)[nH]c(=S)[nH]c1=O. The van der Waals surface area contributed by atoms with E-state index >= 15 is 0 Å². The van der Waals surface area contributed by atoms with Crippen LogP contribution in [0.1, 0.15) is 25.3 Å². The van der Waals surface area contributed by atoms with E-state index in [1.165, 1.54) is 0 Å². The smallest absolute Gasteiger partial charge is 0.258 e. The van der Waals surface area contributed by atoms with Gasteiger partial charge in [0.2, 0.25) is 0 Å². The molecule has 0 aliphatic carbocycles. The van der Waals surface area contributed by atoms with Gasteiger partial charge in [-0.1, -0.05) is 13.8 Å². The van der Waals surface area contributed by atoms with Crippen LogP contribution in [0.25, 0.3) is 0 Å². The average molecular weight is 186 g/mol. The zero-order chi connectivity index (χ0) is 9.30. The third-order valence-electron chi connectivity index (χ3n) is 1.54. The van der Waals surface area contributed by atoms with Gasteiger partial charge < -0.3 is 10.1 Å². The second kappa shape index (κ2) is 3.10. The predicted molar refractivity (Wildman–Crippen MR) is 48.0 cm³/mol. The largest absolute Gasteiger partial charge is 0.494 e. The number of rotatable bonds is 1. The summed E-state index contributed by atoms with van der Waals surface area (Å²) in [5, 5.41) is 9.30. The van der Waals surface area contributed by atoms with E-state index in [2.05, 4.69) is 22.2 Å². The van der Waals surface area contributed by atoms with Crippen LogP contribution in [0.2, 0.25) is 0 Å². The van der Waals surface area contributed by atoms with Crippen LogP contribution in [0, 0.1) is 4.77 Å². The number of aromatic amines is 2. The lowest BCUT2D eigenvalue weighted by Gasteiger charge is -2.04. The summed E-state index contributed by atoms with van der Waals surface area (Å²) in [6.45, 7) is 3.64. The van der Waals surface area contributed by atoms with Gasteiger partial charge in [-0.05, 0) is 18.1 Å². The summed E-state index contributed by atoms with van der Waals surface area (Å²) in [5.41, 5.74) is 0.00912. The fourth-order valence-electron chi connectivity index (χ4n) is 1.02. The van der Waals surface area contributed by atoms with Gasteiger partial charge in [0, 0.05) is 0 Å². The molecule has 3 N–H and O–H groups in total. The predicted octanol–water partition coefficient (Wildman–Crippen LogP) is 1.26. The van der Waals surface area contributed by atoms with Crippen LogP contribution in [-0.2, 0) is 0 Å². The summed E-state index contributed by atoms with van der Waals surface area (Å²) >= 11 is 4.66. The molecule has 0 radical (unpaired) electrons. The van der Waals surface area contributed by atoms with Crippen molar-refractivity contribution in [3.63, 3.8) is 0 Å². The van der Waals surface area contributed by atoms with Crippen molar-refractivity contribution in [1.29, 1.82) is 0 Å². The molecule has 0 aliphatic rings. The van der Waals surface area contributed by atoms with Crippen molar-refractivity contribution in [2.75, 3.05) is 0 Å². The van der Waals surface area contributed by atoms with Crippen molar-refractivity contribution in [2.45, 2.75) is 19.8 Å². The molecular weight excluding hydrogens is 176 g/mol. The van der Waals surface area contributed by atoms with Gasteiger partial charge in [-0.15, -0.1) is 0 Å². The van der Waals surface area contributed by atoms with Gasteiger partial charge in [0.15, 0.2) is 10.7 Å². The van der Waals surface area contributed by atoms with Gasteiger partial charge in [-0.3, -0.25) is 9.78 Å². The van der Waals surface area contributed by atoms with Gasteiger partial charge in [0.1, 0.15) is 0 Å². The van der Waals surface area contributed by atoms with Crippen LogP contribution in [-0.4, -0.2) is 15.1 Å². The van der Waals surface area contributed by atoms with Crippen LogP contribution >= 0.6 is 12.2 Å². The van der Waals surface area contributed by atoms with Crippen molar-refractivity contribution in [3.05, 3.63) is 20.7 Å². The average Bonchev–Trinajstić information content (AvgIpc) is 1.82. The van der Waals surface area contributed by atoms with Gasteiger partial charge in [0.05, 0.1) is 5.56 Å². The molecule has 0 unspecified atom stereocenters. The topological polar surface area (TPSA) is 68.9 Å². The summed E-state index contributed by atoms with van der Waals surface area (Å²) in [4.78, 5) is 16.1. The normalized spacial score (nSPS) is 10.6. The number of aromatic hydroxyl groups is 1. The number of hydrogen-bond acceptors (Lipinski definition) is 3. The molecule has 0 amide bonds. The third-order valence-corrected chi connectivity index (χ3v) is 1.74. The number of H-pyrrole nitrogens is 2. The monoisotopic (exact) mass is 186 g/mol. The lowest BCUT2D eigenvalue weighted by Crippen LogP contribution is -2.15. The Balaban J connectivity index is 3.49. The van der Waals surface area contributed by atoms with Crippen LogP contribution < -0.4 is 5.56 Å². The Hall–Kier alpha value is -1.10. The number of aromatic nitrogens is 2. The molecule has 4 nitrogen and oxygen atoms in total. The molecule has 1 aromatic heterocycles. The van der Waals surface area contributed by atoms with Crippen LogP contribution in [0.15, 0.2) is 4.79 Å². The minimum Gasteiger partial charge on any atom is -0.494 e. The molecule has 0 saturated carbocycles. The first-order valence-electron chi connectivity index (χ1n) is 3.58. The maximum atomic E-state index is 11.2. The molecule has 0 fully saturated rings. The molecule has 5 heteroatoms. The molecule has 0 atom stereocenters. The highest BCUT2D eigenvalue weighted by Gasteiger charge is 2.10. The zero-order valence-electron chi connectivity index (χ0n) is 6.84. The number of hydrogen-bond donors (Lipinski definition) is 3. The van der Waals surface area contributed by atoms with Gasteiger partial charge >= 0.3 is 0 Å². The van der Waals surface area contributed by atoms with Gasteiger partial charge in [-0.25, -0.2) is 0 Å². The molecule has 0 bridgehead atoms. The fourth-order valence-corrected chi connectivity index (χ4v) is 1.21. The number of nitrogens with one attached hydrogen (secondary N) is 2. The van der Waals surface area contributed by atoms with Crippen molar-refractivity contribution in [1.82, 2.24) is 9.97 Å². The van der Waals surface area contributed by atoms with Crippen molar-refractivity contribution >= 4 is 12.2 Å². The minimum atomic E-state index is -0.328. The molecule has 0 spiro atoms. The van der Waals surface area contributed by atoms with E-state index in [0.29, 0.717) is 5.56 Å². The van der Waals surface area contributed by atoms with E-state index < -0.39 is 0 Å². The lowest BCUT2D eigenvalue weighted by atomic mass is 10.1. The maximum absolute atomic E-state index is 11.2. The molecule has 1 rings (SSSR count). The van der Waals surface area contributed by atoms with Crippen LogP contribution in [0.4, 0.5) is 0 Å². The Kier molecular flexibility index (Phi) is 2.32. The summed E-state index contributed by atoms with van der Waals surface area (Å²) < 4.78 is 0.141. The molecule has 1 aromatic rings. The molecule has 0 aliphatic heterocycles. The quantitative estimate of drug-likeness (QED) is 0.578. The molecule has 0 aromatic carbocycles. The highest BCUT2D eigenvalue weighted by Crippen LogP contribution is 2.17. The summed E-state index contributed by atoms with van der Waals surface area (Å²) in [6, 6.07) is 0. The van der Waals surface area contributed by atoms with Gasteiger partial charge in [0.25, 0.3) is 5.56 Å². The van der Waals surface area contributed by atoms with E-state index in [9.17, 15) is 9.90 Å². The zero-order valence-corrected chi connectivity index (χ0v) is 7.66. The Morgan fingerprint density at radius 1 is 1.42 bits per heavy atom. The van der Waals surface area contributed by atoms with Crippen LogP contribution in [0.3, 0.4) is 0 Å². The van der Waals surface area contributed by atoms with E-state index in [-0.39, 0.29) is 22.1 Å². The van der Waals surface area contributed by atoms with E-state index in [1.807, 2.05) is 13.8 Å². The first kappa shape index (κ1) is 8.99. The standard InChI is InChI=1S/C7H10N2O2S/c1-3(2)4-5(10)8-7(12)9-6(4)11/h3H,1-2H3,(H3,8,9,10,11,12). The second-order valence-corrected chi connectivity index (χ2v) is 3.23. The Morgan fingerprint density at radius 3 is 2.42 bits per heavy atom. The van der Waals surface area contributed by atoms with Crippen molar-refractivity contribution in [2.24, 2.45) is 0 Å². The molecule has 0 saturated heterocycles. The van der Waals surface area contributed by atoms with E-state index in [1.54, 1.807) is 0 Å². The first-order chi connectivity index (χ1) is 5.52. The fraction of sp³-hybridized carbons (Fsp3) is 0.429. The van der Waals surface area contributed by atoms with Gasteiger partial charge in [-0.2, -0.15) is 0 Å². The van der Waals surface area contributed by atoms with Crippen molar-refractivity contribution < 1.29 is 5.11 Å². The molecule has 12 heavy (non-hydrogen) atoms. The Bertz CT molecular complexity index is 391. The van der Waals surface area contributed by atoms with E-state index in [4.69, 9.17) is 0 Å². The Labute approximate surface area is 74.3 Å². The Morgan fingerprint density at radius 2 is 2.00 bits per heavy atom. The molecule has 1 heterocycles. The molecular formula is C7H10N2O2S. The highest BCUT2D eigenvalue weighted by molar-refractivity contribution is 7.71. The lowest BCUT2D eigenvalue weighted by molar-refractivity contribution is 0.438. The summed E-state index contributed by atoms with van der Waals surface area (Å²) in [7, 11) is 0.